The SMILES string of the molecule is Nc1ncnc2cc(C3CCCC3)cc(-c3ccc(Oc4ccccc4)cc3)c12. The molecule has 1 aliphatic carbocycles. The predicted octanol–water partition coefficient (Wildman–Crippen LogP) is 6.33. The largest absolute Gasteiger partial charge is 0.457 e. The second-order valence-electron chi connectivity index (χ2n) is 7.64. The summed E-state index contributed by atoms with van der Waals surface area (Å²) in [5.74, 6) is 2.76. The third-order valence-corrected chi connectivity index (χ3v) is 5.76. The molecule has 0 saturated heterocycles. The lowest BCUT2D eigenvalue weighted by Crippen LogP contribution is -1.99. The van der Waals surface area contributed by atoms with Crippen molar-refractivity contribution in [1.82, 2.24) is 9.97 Å². The second-order valence-corrected chi connectivity index (χ2v) is 7.64. The molecule has 4 nitrogen and oxygen atoms in total. The first-order valence-electron chi connectivity index (χ1n) is 10.2. The van der Waals surface area contributed by atoms with Crippen LogP contribution < -0.4 is 10.5 Å². The lowest BCUT2D eigenvalue weighted by Gasteiger charge is -2.15. The number of hydrogen-bond acceptors (Lipinski definition) is 4. The number of anilines is 1. The third kappa shape index (κ3) is 3.54. The minimum Gasteiger partial charge on any atom is -0.457 e. The van der Waals surface area contributed by atoms with E-state index in [0.29, 0.717) is 11.7 Å². The smallest absolute Gasteiger partial charge is 0.135 e. The fraction of sp³-hybridized carbons (Fsp3) is 0.200. The Bertz CT molecular complexity index is 1130. The maximum atomic E-state index is 6.25. The summed E-state index contributed by atoms with van der Waals surface area (Å²) in [4.78, 5) is 8.75. The number of aromatic nitrogens is 2. The summed E-state index contributed by atoms with van der Waals surface area (Å²) in [6, 6.07) is 22.4. The van der Waals surface area contributed by atoms with Crippen LogP contribution in [0.3, 0.4) is 0 Å². The van der Waals surface area contributed by atoms with E-state index < -0.39 is 0 Å². The van der Waals surface area contributed by atoms with Gasteiger partial charge < -0.3 is 10.5 Å². The molecular weight excluding hydrogens is 358 g/mol. The van der Waals surface area contributed by atoms with E-state index in [2.05, 4.69) is 34.2 Å². The lowest BCUT2D eigenvalue weighted by atomic mass is 9.91. The van der Waals surface area contributed by atoms with Crippen molar-refractivity contribution in [1.29, 1.82) is 0 Å². The summed E-state index contributed by atoms with van der Waals surface area (Å²) in [7, 11) is 0. The van der Waals surface area contributed by atoms with Gasteiger partial charge in [0.15, 0.2) is 0 Å². The molecule has 0 amide bonds. The fourth-order valence-electron chi connectivity index (χ4n) is 4.29. The van der Waals surface area contributed by atoms with Gasteiger partial charge in [-0.05, 0) is 71.8 Å². The predicted molar refractivity (Wildman–Crippen MR) is 117 cm³/mol. The van der Waals surface area contributed by atoms with Crippen LogP contribution in [0, 0.1) is 0 Å². The van der Waals surface area contributed by atoms with Gasteiger partial charge in [0.1, 0.15) is 23.6 Å². The van der Waals surface area contributed by atoms with Crippen LogP contribution in [0.5, 0.6) is 11.5 Å². The Kier molecular flexibility index (Phi) is 4.60. The van der Waals surface area contributed by atoms with E-state index >= 15 is 0 Å². The Hall–Kier alpha value is -3.40. The van der Waals surface area contributed by atoms with Gasteiger partial charge in [0.2, 0.25) is 0 Å². The number of ether oxygens (including phenoxy) is 1. The maximum Gasteiger partial charge on any atom is 0.135 e. The summed E-state index contributed by atoms with van der Waals surface area (Å²) in [5, 5.41) is 0.922. The molecule has 0 bridgehead atoms. The zero-order valence-electron chi connectivity index (χ0n) is 16.2. The third-order valence-electron chi connectivity index (χ3n) is 5.76. The molecule has 0 aliphatic heterocycles. The van der Waals surface area contributed by atoms with Crippen molar-refractivity contribution in [2.75, 3.05) is 5.73 Å². The summed E-state index contributed by atoms with van der Waals surface area (Å²) >= 11 is 0. The normalized spacial score (nSPS) is 14.3. The van der Waals surface area contributed by atoms with Gasteiger partial charge in [0.25, 0.3) is 0 Å². The molecule has 29 heavy (non-hydrogen) atoms. The van der Waals surface area contributed by atoms with E-state index in [4.69, 9.17) is 10.5 Å². The van der Waals surface area contributed by atoms with E-state index in [1.807, 2.05) is 42.5 Å². The van der Waals surface area contributed by atoms with Crippen molar-refractivity contribution in [2.24, 2.45) is 0 Å². The molecule has 1 aromatic heterocycles. The number of para-hydroxylation sites is 1. The quantitative estimate of drug-likeness (QED) is 0.449. The minimum absolute atomic E-state index is 0.521. The van der Waals surface area contributed by atoms with Gasteiger partial charge >= 0.3 is 0 Å². The average molecular weight is 381 g/mol. The Morgan fingerprint density at radius 1 is 0.828 bits per heavy atom. The van der Waals surface area contributed by atoms with Gasteiger partial charge in [-0.2, -0.15) is 0 Å². The van der Waals surface area contributed by atoms with Gasteiger partial charge in [-0.1, -0.05) is 43.2 Å². The van der Waals surface area contributed by atoms with Crippen LogP contribution in [0.4, 0.5) is 5.82 Å². The molecule has 3 aromatic carbocycles. The number of benzene rings is 3. The van der Waals surface area contributed by atoms with Crippen molar-refractivity contribution < 1.29 is 4.74 Å². The van der Waals surface area contributed by atoms with Crippen molar-refractivity contribution >= 4 is 16.7 Å². The highest BCUT2D eigenvalue weighted by molar-refractivity contribution is 6.01. The molecule has 0 atom stereocenters. The molecule has 1 fully saturated rings. The van der Waals surface area contributed by atoms with E-state index in [0.717, 1.165) is 33.5 Å². The summed E-state index contributed by atoms with van der Waals surface area (Å²) < 4.78 is 5.94. The number of rotatable bonds is 4. The number of hydrogen-bond donors (Lipinski definition) is 1. The monoisotopic (exact) mass is 381 g/mol. The van der Waals surface area contributed by atoms with Crippen LogP contribution in [0.1, 0.15) is 37.2 Å². The first-order chi connectivity index (χ1) is 14.3. The zero-order chi connectivity index (χ0) is 19.6. The van der Waals surface area contributed by atoms with Crippen molar-refractivity contribution in [3.63, 3.8) is 0 Å². The highest BCUT2D eigenvalue weighted by atomic mass is 16.5. The first-order valence-corrected chi connectivity index (χ1v) is 10.2. The average Bonchev–Trinajstić information content (AvgIpc) is 3.30. The molecule has 1 saturated carbocycles. The molecule has 1 aliphatic rings. The van der Waals surface area contributed by atoms with Gasteiger partial charge in [0, 0.05) is 0 Å². The standard InChI is InChI=1S/C25H23N3O/c26-25-24-22(14-19(17-6-4-5-7-17)15-23(24)27-16-28-25)18-10-12-21(13-11-18)29-20-8-2-1-3-9-20/h1-3,8-17H,4-7H2,(H2,26,27,28). The molecular formula is C25H23N3O. The van der Waals surface area contributed by atoms with Crippen molar-refractivity contribution in [3.8, 4) is 22.6 Å². The van der Waals surface area contributed by atoms with E-state index in [-0.39, 0.29) is 0 Å². The van der Waals surface area contributed by atoms with Crippen LogP contribution in [-0.4, -0.2) is 9.97 Å². The molecule has 0 spiro atoms. The Morgan fingerprint density at radius 3 is 2.31 bits per heavy atom. The lowest BCUT2D eigenvalue weighted by molar-refractivity contribution is 0.483. The molecule has 0 radical (unpaired) electrons. The summed E-state index contributed by atoms with van der Waals surface area (Å²) in [5.41, 5.74) is 10.7. The van der Waals surface area contributed by atoms with Crippen LogP contribution in [0.2, 0.25) is 0 Å². The topological polar surface area (TPSA) is 61.0 Å². The minimum atomic E-state index is 0.521. The summed E-state index contributed by atoms with van der Waals surface area (Å²) in [6.07, 6.45) is 6.65. The number of fused-ring (bicyclic) bond motifs is 1. The molecule has 4 heteroatoms. The molecule has 2 N–H and O–H groups in total. The van der Waals surface area contributed by atoms with Crippen LogP contribution in [0.15, 0.2) is 73.1 Å². The van der Waals surface area contributed by atoms with Crippen LogP contribution in [-0.2, 0) is 0 Å². The van der Waals surface area contributed by atoms with Crippen molar-refractivity contribution in [2.45, 2.75) is 31.6 Å². The molecule has 144 valence electrons. The highest BCUT2D eigenvalue weighted by Crippen LogP contribution is 2.40. The molecule has 1 heterocycles. The van der Waals surface area contributed by atoms with Crippen molar-refractivity contribution in [3.05, 3.63) is 78.6 Å². The number of nitrogens with two attached hydrogens (primary N) is 1. The van der Waals surface area contributed by atoms with E-state index in [9.17, 15) is 0 Å². The van der Waals surface area contributed by atoms with Crippen LogP contribution >= 0.6 is 0 Å². The zero-order valence-corrected chi connectivity index (χ0v) is 16.2. The van der Waals surface area contributed by atoms with Gasteiger partial charge in [-0.15, -0.1) is 0 Å². The Labute approximate surface area is 170 Å². The first kappa shape index (κ1) is 17.7. The summed E-state index contributed by atoms with van der Waals surface area (Å²) in [6.45, 7) is 0. The highest BCUT2D eigenvalue weighted by Gasteiger charge is 2.20. The van der Waals surface area contributed by atoms with E-state index in [1.165, 1.54) is 31.2 Å². The molecule has 0 unspecified atom stereocenters. The molecule has 4 aromatic rings. The Balaban J connectivity index is 1.56. The number of nitrogen functional groups attached to an aromatic ring is 1. The maximum absolute atomic E-state index is 6.25. The molecule has 5 rings (SSSR count). The number of nitrogens with zero attached hydrogens (tertiary/aromatic N) is 2. The second kappa shape index (κ2) is 7.55. The van der Waals surface area contributed by atoms with Gasteiger partial charge in [0.05, 0.1) is 10.9 Å². The van der Waals surface area contributed by atoms with Gasteiger partial charge in [-0.25, -0.2) is 9.97 Å². The van der Waals surface area contributed by atoms with E-state index in [1.54, 1.807) is 6.33 Å². The van der Waals surface area contributed by atoms with Crippen LogP contribution in [0.25, 0.3) is 22.0 Å². The van der Waals surface area contributed by atoms with Gasteiger partial charge in [-0.3, -0.25) is 0 Å². The Morgan fingerprint density at radius 2 is 1.55 bits per heavy atom. The fourth-order valence-corrected chi connectivity index (χ4v) is 4.29.